The van der Waals surface area contributed by atoms with Crippen LogP contribution in [0.3, 0.4) is 0 Å². The first-order valence-corrected chi connectivity index (χ1v) is 9.98. The van der Waals surface area contributed by atoms with Crippen LogP contribution in [0.4, 0.5) is 4.79 Å². The van der Waals surface area contributed by atoms with Gasteiger partial charge in [0.1, 0.15) is 11.4 Å². The van der Waals surface area contributed by atoms with E-state index in [1.54, 1.807) is 6.20 Å². The number of urea groups is 1. The highest BCUT2D eigenvalue weighted by atomic mass is 16.5. The molecule has 0 aliphatic carbocycles. The zero-order chi connectivity index (χ0) is 20.3. The summed E-state index contributed by atoms with van der Waals surface area (Å²) in [6, 6.07) is 0.0467. The second-order valence-electron chi connectivity index (χ2n) is 8.19. The maximum Gasteiger partial charge on any atom is 0.317 e. The number of nitrogens with one attached hydrogen (secondary N) is 2. The van der Waals surface area contributed by atoms with E-state index in [0.29, 0.717) is 39.0 Å². The molecule has 1 aromatic rings. The monoisotopic (exact) mass is 392 g/mol. The van der Waals surface area contributed by atoms with E-state index in [0.717, 1.165) is 12.4 Å². The van der Waals surface area contributed by atoms with Crippen LogP contribution in [-0.2, 0) is 21.7 Å². The molecule has 0 radical (unpaired) electrons. The van der Waals surface area contributed by atoms with E-state index in [4.69, 9.17) is 4.74 Å². The van der Waals surface area contributed by atoms with Gasteiger partial charge in [-0.3, -0.25) is 4.79 Å². The van der Waals surface area contributed by atoms with Crippen molar-refractivity contribution in [3.05, 3.63) is 18.2 Å². The van der Waals surface area contributed by atoms with Gasteiger partial charge >= 0.3 is 6.03 Å². The summed E-state index contributed by atoms with van der Waals surface area (Å²) in [5.41, 5.74) is -0.625. The normalized spacial score (nSPS) is 21.1. The number of amides is 3. The lowest BCUT2D eigenvalue weighted by Crippen LogP contribution is -2.56. The van der Waals surface area contributed by atoms with Crippen molar-refractivity contribution in [1.29, 1.82) is 0 Å². The SMILES string of the molecule is CC(C)NC(=O)N1CCC2(CC1)O[C@H](C(=O)NCCN(C)C)Cn1ccnc12. The number of rotatable bonds is 5. The van der Waals surface area contributed by atoms with Crippen molar-refractivity contribution in [2.45, 2.75) is 51.0 Å². The van der Waals surface area contributed by atoms with E-state index >= 15 is 0 Å². The molecule has 0 aromatic carbocycles. The lowest BCUT2D eigenvalue weighted by Gasteiger charge is -2.45. The summed E-state index contributed by atoms with van der Waals surface area (Å²) in [6.45, 7) is 6.86. The minimum atomic E-state index is -0.625. The first-order chi connectivity index (χ1) is 13.3. The zero-order valence-corrected chi connectivity index (χ0v) is 17.3. The molecular formula is C19H32N6O3. The number of piperidine rings is 1. The lowest BCUT2D eigenvalue weighted by molar-refractivity contribution is -0.171. The molecule has 1 aromatic heterocycles. The first kappa shape index (κ1) is 20.6. The summed E-state index contributed by atoms with van der Waals surface area (Å²) < 4.78 is 8.38. The quantitative estimate of drug-likeness (QED) is 0.755. The van der Waals surface area contributed by atoms with Gasteiger partial charge in [-0.25, -0.2) is 9.78 Å². The van der Waals surface area contributed by atoms with Crippen LogP contribution >= 0.6 is 0 Å². The molecule has 1 spiro atoms. The molecule has 0 unspecified atom stereocenters. The van der Waals surface area contributed by atoms with Crippen molar-refractivity contribution in [3.63, 3.8) is 0 Å². The molecule has 2 aliphatic rings. The number of likely N-dealkylation sites (N-methyl/N-ethyl adjacent to an activating group) is 1. The van der Waals surface area contributed by atoms with Crippen molar-refractivity contribution < 1.29 is 14.3 Å². The summed E-state index contributed by atoms with van der Waals surface area (Å²) in [4.78, 5) is 33.3. The maximum atomic E-state index is 12.7. The topological polar surface area (TPSA) is 91.7 Å². The molecule has 2 aliphatic heterocycles. The van der Waals surface area contributed by atoms with Crippen LogP contribution in [0, 0.1) is 0 Å². The fraction of sp³-hybridized carbons (Fsp3) is 0.737. The standard InChI is InChI=1S/C19H32N6O3/c1-14(2)22-18(27)24-9-5-19(6-10-24)17-21-8-12-25(17)13-15(28-19)16(26)20-7-11-23(3)4/h8,12,14-15H,5-7,9-11,13H2,1-4H3,(H,20,26)(H,22,27)/t15-/m0/s1. The Kier molecular flexibility index (Phi) is 6.24. The molecule has 2 N–H and O–H groups in total. The first-order valence-electron chi connectivity index (χ1n) is 9.98. The molecule has 9 heteroatoms. The van der Waals surface area contributed by atoms with E-state index in [-0.39, 0.29) is 18.0 Å². The minimum Gasteiger partial charge on any atom is -0.352 e. The van der Waals surface area contributed by atoms with Gasteiger partial charge in [0, 0.05) is 57.5 Å². The molecule has 3 rings (SSSR count). The Morgan fingerprint density at radius 2 is 2.07 bits per heavy atom. The van der Waals surface area contributed by atoms with Crippen molar-refractivity contribution in [3.8, 4) is 0 Å². The van der Waals surface area contributed by atoms with Gasteiger partial charge in [0.05, 0.1) is 6.54 Å². The highest BCUT2D eigenvalue weighted by Crippen LogP contribution is 2.40. The minimum absolute atomic E-state index is 0.0537. The second-order valence-corrected chi connectivity index (χ2v) is 8.19. The van der Waals surface area contributed by atoms with Crippen LogP contribution in [0.5, 0.6) is 0 Å². The molecule has 1 saturated heterocycles. The fourth-order valence-corrected chi connectivity index (χ4v) is 3.80. The van der Waals surface area contributed by atoms with E-state index in [1.807, 2.05) is 48.5 Å². The Balaban J connectivity index is 1.67. The van der Waals surface area contributed by atoms with Gasteiger partial charge in [-0.2, -0.15) is 0 Å². The largest absolute Gasteiger partial charge is 0.352 e. The number of nitrogens with zero attached hydrogens (tertiary/aromatic N) is 4. The molecule has 1 fully saturated rings. The highest BCUT2D eigenvalue weighted by Gasteiger charge is 2.47. The van der Waals surface area contributed by atoms with Crippen LogP contribution < -0.4 is 10.6 Å². The molecule has 3 amide bonds. The lowest BCUT2D eigenvalue weighted by atomic mass is 9.88. The van der Waals surface area contributed by atoms with E-state index in [1.165, 1.54) is 0 Å². The predicted octanol–water partition coefficient (Wildman–Crippen LogP) is 0.369. The smallest absolute Gasteiger partial charge is 0.317 e. The van der Waals surface area contributed by atoms with Crippen LogP contribution in [0.1, 0.15) is 32.5 Å². The molecule has 3 heterocycles. The highest BCUT2D eigenvalue weighted by molar-refractivity contribution is 5.81. The van der Waals surface area contributed by atoms with Crippen molar-refractivity contribution >= 4 is 11.9 Å². The van der Waals surface area contributed by atoms with Crippen molar-refractivity contribution in [2.75, 3.05) is 40.3 Å². The molecule has 28 heavy (non-hydrogen) atoms. The molecule has 1 atom stereocenters. The third kappa shape index (κ3) is 4.47. The van der Waals surface area contributed by atoms with E-state index in [2.05, 4.69) is 15.6 Å². The number of hydrogen-bond donors (Lipinski definition) is 2. The van der Waals surface area contributed by atoms with Gasteiger partial charge in [-0.15, -0.1) is 0 Å². The van der Waals surface area contributed by atoms with Gasteiger partial charge < -0.3 is 29.7 Å². The van der Waals surface area contributed by atoms with Gasteiger partial charge in [0.2, 0.25) is 0 Å². The van der Waals surface area contributed by atoms with Crippen LogP contribution in [0.2, 0.25) is 0 Å². The molecule has 0 bridgehead atoms. The summed E-state index contributed by atoms with van der Waals surface area (Å²) >= 11 is 0. The van der Waals surface area contributed by atoms with E-state index < -0.39 is 11.7 Å². The summed E-state index contributed by atoms with van der Waals surface area (Å²) in [5.74, 6) is 0.759. The maximum absolute atomic E-state index is 12.7. The van der Waals surface area contributed by atoms with Crippen molar-refractivity contribution in [2.24, 2.45) is 0 Å². The number of carbonyl (C=O) groups is 2. The summed E-state index contributed by atoms with van der Waals surface area (Å²) in [5, 5.41) is 5.90. The van der Waals surface area contributed by atoms with Gasteiger partial charge in [-0.1, -0.05) is 0 Å². The van der Waals surface area contributed by atoms with Gasteiger partial charge in [0.15, 0.2) is 6.10 Å². The number of hydrogen-bond acceptors (Lipinski definition) is 5. The molecule has 156 valence electrons. The Hall–Kier alpha value is -2.13. The van der Waals surface area contributed by atoms with Crippen molar-refractivity contribution in [1.82, 2.24) is 30.0 Å². The number of fused-ring (bicyclic) bond motifs is 2. The second kappa shape index (κ2) is 8.48. The fourth-order valence-electron chi connectivity index (χ4n) is 3.80. The molecular weight excluding hydrogens is 360 g/mol. The molecule has 0 saturated carbocycles. The summed E-state index contributed by atoms with van der Waals surface area (Å²) in [6.07, 6.45) is 4.34. The average molecular weight is 393 g/mol. The van der Waals surface area contributed by atoms with Crippen LogP contribution in [0.25, 0.3) is 0 Å². The predicted molar refractivity (Wildman–Crippen MR) is 105 cm³/mol. The van der Waals surface area contributed by atoms with E-state index in [9.17, 15) is 9.59 Å². The Labute approximate surface area is 166 Å². The number of ether oxygens (including phenoxy) is 1. The Morgan fingerprint density at radius 3 is 2.71 bits per heavy atom. The molecule has 9 nitrogen and oxygen atoms in total. The van der Waals surface area contributed by atoms with Crippen LogP contribution in [0.15, 0.2) is 12.4 Å². The Bertz CT molecular complexity index is 694. The number of imidazole rings is 1. The number of aromatic nitrogens is 2. The van der Waals surface area contributed by atoms with Gasteiger partial charge in [0.25, 0.3) is 5.91 Å². The third-order valence-corrected chi connectivity index (χ3v) is 5.27. The average Bonchev–Trinajstić information content (AvgIpc) is 3.11. The van der Waals surface area contributed by atoms with Crippen LogP contribution in [-0.4, -0.2) is 83.7 Å². The Morgan fingerprint density at radius 1 is 1.36 bits per heavy atom. The number of carbonyl (C=O) groups excluding carboxylic acids is 2. The third-order valence-electron chi connectivity index (χ3n) is 5.27. The zero-order valence-electron chi connectivity index (χ0n) is 17.3. The summed E-state index contributed by atoms with van der Waals surface area (Å²) in [7, 11) is 3.94. The number of likely N-dealkylation sites (tertiary alicyclic amines) is 1. The van der Waals surface area contributed by atoms with Gasteiger partial charge in [-0.05, 0) is 27.9 Å².